The Morgan fingerprint density at radius 3 is 2.10 bits per heavy atom. The van der Waals surface area contributed by atoms with Crippen LogP contribution in [0.2, 0.25) is 18.1 Å². The second-order valence-corrected chi connectivity index (χ2v) is 23.2. The SMILES string of the molecule is C=C(C)C1CC[C@]2(C(C)=O)CC[C@]3(C)C(CCC4[C@@]5(C)CC[C@H](O[Si](C)(C)C(C)(C)C)[C@@](C)(CO)C5CC[C@]43C)C12. The predicted octanol–water partition coefficient (Wildman–Crippen LogP) is 9.60. The lowest BCUT2D eigenvalue weighted by Crippen LogP contribution is -2.68. The van der Waals surface area contributed by atoms with Gasteiger partial charge < -0.3 is 9.53 Å². The van der Waals surface area contributed by atoms with Gasteiger partial charge in [0.15, 0.2) is 8.32 Å². The second kappa shape index (κ2) is 9.77. The van der Waals surface area contributed by atoms with E-state index in [1.165, 1.54) is 44.1 Å². The maximum absolute atomic E-state index is 13.4. The first-order chi connectivity index (χ1) is 18.8. The molecule has 0 heterocycles. The topological polar surface area (TPSA) is 46.5 Å². The highest BCUT2D eigenvalue weighted by Gasteiger charge is 2.72. The van der Waals surface area contributed by atoms with Crippen LogP contribution in [0.25, 0.3) is 0 Å². The van der Waals surface area contributed by atoms with E-state index >= 15 is 0 Å². The molecule has 0 aliphatic heterocycles. The third-order valence-electron chi connectivity index (χ3n) is 16.1. The Hall–Kier alpha value is -0.453. The fourth-order valence-corrected chi connectivity index (χ4v) is 13.9. The molecule has 234 valence electrons. The Labute approximate surface area is 254 Å². The summed E-state index contributed by atoms with van der Waals surface area (Å²) in [5.41, 5.74) is 1.71. The van der Waals surface area contributed by atoms with Gasteiger partial charge in [-0.3, -0.25) is 4.79 Å². The fourth-order valence-electron chi connectivity index (χ4n) is 12.5. The third kappa shape index (κ3) is 4.18. The smallest absolute Gasteiger partial charge is 0.192 e. The van der Waals surface area contributed by atoms with Gasteiger partial charge in [-0.1, -0.05) is 60.6 Å². The standard InChI is InChI=1S/C37H64O3Si/c1-24(2)26-15-20-37(25(3)39)22-21-35(9)27(31(26)37)13-14-29-33(7)18-17-30(40-41(11,12)32(4,5)6)34(8,23-38)28(33)16-19-36(29,35)10/h26-31,38H,1,13-23H2,2-12H3/t26?,27?,28?,29?,30-,31?,33-,34-,35+,36+,37+/m0/s1. The number of carbonyl (C=O) groups is 1. The van der Waals surface area contributed by atoms with Gasteiger partial charge in [0, 0.05) is 10.8 Å². The van der Waals surface area contributed by atoms with Crippen molar-refractivity contribution < 1.29 is 14.3 Å². The largest absolute Gasteiger partial charge is 0.413 e. The van der Waals surface area contributed by atoms with Gasteiger partial charge in [-0.05, 0) is 142 Å². The molecule has 5 fully saturated rings. The van der Waals surface area contributed by atoms with E-state index in [0.717, 1.165) is 25.7 Å². The second-order valence-electron chi connectivity index (χ2n) is 18.5. The van der Waals surface area contributed by atoms with Crippen LogP contribution in [-0.4, -0.2) is 31.9 Å². The molecule has 0 radical (unpaired) electrons. The molecule has 0 aromatic carbocycles. The zero-order chi connectivity index (χ0) is 30.6. The van der Waals surface area contributed by atoms with Crippen LogP contribution in [0.5, 0.6) is 0 Å². The highest BCUT2D eigenvalue weighted by Crippen LogP contribution is 2.77. The lowest BCUT2D eigenvalue weighted by atomic mass is 9.32. The molecular formula is C37H64O3Si. The summed E-state index contributed by atoms with van der Waals surface area (Å²) in [6, 6.07) is 0. The molecule has 0 aromatic heterocycles. The van der Waals surface area contributed by atoms with Crippen molar-refractivity contribution in [2.24, 2.45) is 56.7 Å². The van der Waals surface area contributed by atoms with Crippen molar-refractivity contribution in [3.8, 4) is 0 Å². The van der Waals surface area contributed by atoms with Crippen LogP contribution in [0.4, 0.5) is 0 Å². The van der Waals surface area contributed by atoms with Crippen LogP contribution in [0, 0.1) is 56.7 Å². The van der Waals surface area contributed by atoms with E-state index in [4.69, 9.17) is 4.43 Å². The summed E-state index contributed by atoms with van der Waals surface area (Å²) < 4.78 is 7.16. The minimum Gasteiger partial charge on any atom is -0.413 e. The molecule has 0 spiro atoms. The van der Waals surface area contributed by atoms with Crippen LogP contribution in [0.1, 0.15) is 127 Å². The number of Topliss-reactive ketones (excluding diaryl/α,β-unsaturated/α-hetero) is 1. The summed E-state index contributed by atoms with van der Waals surface area (Å²) in [7, 11) is -1.95. The van der Waals surface area contributed by atoms with Gasteiger partial charge in [-0.15, -0.1) is 0 Å². The van der Waals surface area contributed by atoms with Crippen molar-refractivity contribution in [1.82, 2.24) is 0 Å². The lowest BCUT2D eigenvalue weighted by molar-refractivity contribution is -0.251. The van der Waals surface area contributed by atoms with Gasteiger partial charge in [0.05, 0.1) is 12.7 Å². The molecule has 1 N–H and O–H groups in total. The summed E-state index contributed by atoms with van der Waals surface area (Å²) in [6.45, 7) is 30.9. The molecule has 4 heteroatoms. The number of ketones is 1. The molecule has 5 unspecified atom stereocenters. The molecule has 5 aliphatic carbocycles. The number of hydrogen-bond acceptors (Lipinski definition) is 3. The number of fused-ring (bicyclic) bond motifs is 7. The summed E-state index contributed by atoms with van der Waals surface area (Å²) in [5.74, 6) is 3.16. The molecule has 0 aromatic rings. The number of aliphatic hydroxyl groups excluding tert-OH is 1. The van der Waals surface area contributed by atoms with Crippen molar-refractivity contribution in [3.05, 3.63) is 12.2 Å². The minimum atomic E-state index is -1.95. The minimum absolute atomic E-state index is 0.118. The maximum atomic E-state index is 13.4. The van der Waals surface area contributed by atoms with E-state index in [1.54, 1.807) is 0 Å². The van der Waals surface area contributed by atoms with E-state index < -0.39 is 8.32 Å². The van der Waals surface area contributed by atoms with Crippen molar-refractivity contribution in [2.45, 2.75) is 151 Å². The van der Waals surface area contributed by atoms with E-state index in [-0.39, 0.29) is 44.8 Å². The van der Waals surface area contributed by atoms with Crippen LogP contribution in [0.3, 0.4) is 0 Å². The molecule has 0 amide bonds. The monoisotopic (exact) mass is 584 g/mol. The average molecular weight is 585 g/mol. The fraction of sp³-hybridized carbons (Fsp3) is 0.919. The predicted molar refractivity (Wildman–Crippen MR) is 173 cm³/mol. The molecule has 0 bridgehead atoms. The summed E-state index contributed by atoms with van der Waals surface area (Å²) >= 11 is 0. The normalized spacial score (nSPS) is 49.9. The van der Waals surface area contributed by atoms with Crippen LogP contribution >= 0.6 is 0 Å². The van der Waals surface area contributed by atoms with Crippen LogP contribution in [0.15, 0.2) is 12.2 Å². The van der Waals surface area contributed by atoms with Crippen molar-refractivity contribution in [3.63, 3.8) is 0 Å². The molecule has 11 atom stereocenters. The van der Waals surface area contributed by atoms with E-state index in [1.807, 2.05) is 6.92 Å². The van der Waals surface area contributed by atoms with E-state index in [0.29, 0.717) is 35.4 Å². The first-order valence-corrected chi connectivity index (χ1v) is 20.1. The summed E-state index contributed by atoms with van der Waals surface area (Å²) in [6.07, 6.45) is 11.9. The Kier molecular flexibility index (Phi) is 7.62. The number of carbonyl (C=O) groups excluding carboxylic acids is 1. The molecule has 5 rings (SSSR count). The number of aliphatic hydroxyl groups is 1. The van der Waals surface area contributed by atoms with Gasteiger partial charge in [0.2, 0.25) is 0 Å². The van der Waals surface area contributed by atoms with Gasteiger partial charge in [-0.2, -0.15) is 0 Å². The van der Waals surface area contributed by atoms with E-state index in [2.05, 4.69) is 75.1 Å². The lowest BCUT2D eigenvalue weighted by Gasteiger charge is -2.73. The zero-order valence-corrected chi connectivity index (χ0v) is 29.7. The molecule has 3 nitrogen and oxygen atoms in total. The summed E-state index contributed by atoms with van der Waals surface area (Å²) in [4.78, 5) is 13.4. The van der Waals surface area contributed by atoms with Crippen LogP contribution in [-0.2, 0) is 9.22 Å². The number of rotatable bonds is 5. The molecule has 5 saturated carbocycles. The van der Waals surface area contributed by atoms with Gasteiger partial charge in [0.1, 0.15) is 5.78 Å². The van der Waals surface area contributed by atoms with Gasteiger partial charge in [-0.25, -0.2) is 0 Å². The van der Waals surface area contributed by atoms with Crippen molar-refractivity contribution in [1.29, 1.82) is 0 Å². The molecule has 41 heavy (non-hydrogen) atoms. The Morgan fingerprint density at radius 1 is 0.878 bits per heavy atom. The average Bonchev–Trinajstić information content (AvgIpc) is 3.27. The van der Waals surface area contributed by atoms with Crippen LogP contribution < -0.4 is 0 Å². The van der Waals surface area contributed by atoms with Gasteiger partial charge in [0.25, 0.3) is 0 Å². The zero-order valence-electron chi connectivity index (χ0n) is 28.7. The first kappa shape index (κ1) is 32.0. The Balaban J connectivity index is 1.50. The van der Waals surface area contributed by atoms with Crippen molar-refractivity contribution >= 4 is 14.1 Å². The van der Waals surface area contributed by atoms with E-state index in [9.17, 15) is 9.90 Å². The maximum Gasteiger partial charge on any atom is 0.192 e. The Morgan fingerprint density at radius 2 is 1.54 bits per heavy atom. The first-order valence-electron chi connectivity index (χ1n) is 17.2. The molecule has 5 aliphatic rings. The Bertz CT molecular complexity index is 1070. The summed E-state index contributed by atoms with van der Waals surface area (Å²) in [5, 5.41) is 11.3. The number of allylic oxidation sites excluding steroid dienone is 1. The highest BCUT2D eigenvalue weighted by atomic mass is 28.4. The number of hydrogen-bond donors (Lipinski definition) is 1. The van der Waals surface area contributed by atoms with Crippen molar-refractivity contribution in [2.75, 3.05) is 6.61 Å². The quantitative estimate of drug-likeness (QED) is 0.258. The molecule has 0 saturated heterocycles. The van der Waals surface area contributed by atoms with Gasteiger partial charge >= 0.3 is 0 Å². The highest BCUT2D eigenvalue weighted by molar-refractivity contribution is 6.74. The molecular weight excluding hydrogens is 520 g/mol. The third-order valence-corrected chi connectivity index (χ3v) is 20.6.